The second kappa shape index (κ2) is 4.10. The lowest BCUT2D eigenvalue weighted by molar-refractivity contribution is -0.385. The van der Waals surface area contributed by atoms with Crippen molar-refractivity contribution in [2.75, 3.05) is 6.61 Å². The highest BCUT2D eigenvalue weighted by Gasteiger charge is 2.17. The molecule has 4 nitrogen and oxygen atoms in total. The van der Waals surface area contributed by atoms with Crippen molar-refractivity contribution in [2.24, 2.45) is 0 Å². The minimum Gasteiger partial charge on any atom is -0.396 e. The number of aliphatic hydroxyl groups is 1. The number of hydrogen-bond donors (Lipinski definition) is 1. The molecular weight excluding hydrogens is 196 g/mol. The van der Waals surface area contributed by atoms with E-state index in [-0.39, 0.29) is 18.6 Å². The average molecular weight is 203 g/mol. The van der Waals surface area contributed by atoms with Crippen LogP contribution in [0.15, 0.2) is 12.1 Å². The molecule has 0 spiro atoms. The van der Waals surface area contributed by atoms with Crippen molar-refractivity contribution >= 4 is 5.69 Å². The number of hydrogen-bond acceptors (Lipinski definition) is 3. The van der Waals surface area contributed by atoms with Crippen LogP contribution in [0.5, 0.6) is 0 Å². The van der Waals surface area contributed by atoms with Crippen LogP contribution < -0.4 is 0 Å². The molecule has 1 N–H and O–H groups in total. The van der Waals surface area contributed by atoms with E-state index in [4.69, 9.17) is 5.11 Å². The SMILES string of the molecule is O=[N+]([O-])c1cc(F)c(F)cc1CCO. The third-order valence-electron chi connectivity index (χ3n) is 1.70. The van der Waals surface area contributed by atoms with E-state index in [0.717, 1.165) is 6.07 Å². The summed E-state index contributed by atoms with van der Waals surface area (Å²) >= 11 is 0. The molecule has 1 aromatic carbocycles. The van der Waals surface area contributed by atoms with E-state index in [2.05, 4.69) is 0 Å². The number of nitro groups is 1. The van der Waals surface area contributed by atoms with E-state index in [1.54, 1.807) is 0 Å². The molecular formula is C8H7F2NO3. The Labute approximate surface area is 77.9 Å². The predicted octanol–water partition coefficient (Wildman–Crippen LogP) is 1.41. The molecule has 0 unspecified atom stereocenters. The number of rotatable bonds is 3. The Morgan fingerprint density at radius 2 is 1.93 bits per heavy atom. The van der Waals surface area contributed by atoms with Crippen molar-refractivity contribution in [3.8, 4) is 0 Å². The highest BCUT2D eigenvalue weighted by molar-refractivity contribution is 5.41. The van der Waals surface area contributed by atoms with E-state index < -0.39 is 22.2 Å². The Balaban J connectivity index is 3.24. The number of nitro benzene ring substituents is 1. The molecule has 0 aliphatic carbocycles. The van der Waals surface area contributed by atoms with Crippen LogP contribution in [-0.4, -0.2) is 16.6 Å². The fourth-order valence-electron chi connectivity index (χ4n) is 1.07. The summed E-state index contributed by atoms with van der Waals surface area (Å²) in [7, 11) is 0. The van der Waals surface area contributed by atoms with Gasteiger partial charge in [0, 0.05) is 18.6 Å². The van der Waals surface area contributed by atoms with Gasteiger partial charge < -0.3 is 5.11 Å². The minimum absolute atomic E-state index is 0.0172. The van der Waals surface area contributed by atoms with Gasteiger partial charge in [-0.1, -0.05) is 0 Å². The monoisotopic (exact) mass is 203 g/mol. The van der Waals surface area contributed by atoms with E-state index in [1.807, 2.05) is 0 Å². The Morgan fingerprint density at radius 1 is 1.36 bits per heavy atom. The van der Waals surface area contributed by atoms with Crippen molar-refractivity contribution in [3.63, 3.8) is 0 Å². The second-order valence-electron chi connectivity index (χ2n) is 2.63. The van der Waals surface area contributed by atoms with Crippen LogP contribution in [0.3, 0.4) is 0 Å². The van der Waals surface area contributed by atoms with Crippen LogP contribution in [0.2, 0.25) is 0 Å². The number of halogens is 2. The molecule has 0 aliphatic rings. The van der Waals surface area contributed by atoms with Crippen molar-refractivity contribution in [2.45, 2.75) is 6.42 Å². The standard InChI is InChI=1S/C8H7F2NO3/c9-6-3-5(1-2-12)8(11(13)14)4-7(6)10/h3-4,12H,1-2H2. The molecule has 0 radical (unpaired) electrons. The first-order valence-electron chi connectivity index (χ1n) is 3.79. The Kier molecular flexibility index (Phi) is 3.08. The van der Waals surface area contributed by atoms with Crippen LogP contribution >= 0.6 is 0 Å². The van der Waals surface area contributed by atoms with Crippen molar-refractivity contribution in [1.29, 1.82) is 0 Å². The van der Waals surface area contributed by atoms with Gasteiger partial charge in [-0.15, -0.1) is 0 Å². The van der Waals surface area contributed by atoms with Crippen LogP contribution in [0.1, 0.15) is 5.56 Å². The third kappa shape index (κ3) is 2.02. The zero-order chi connectivity index (χ0) is 10.7. The molecule has 0 fully saturated rings. The van der Waals surface area contributed by atoms with E-state index in [9.17, 15) is 18.9 Å². The van der Waals surface area contributed by atoms with Gasteiger partial charge in [0.2, 0.25) is 0 Å². The molecule has 0 amide bonds. The van der Waals surface area contributed by atoms with Gasteiger partial charge in [0.1, 0.15) is 0 Å². The Bertz CT molecular complexity index is 368. The molecule has 0 bridgehead atoms. The van der Waals surface area contributed by atoms with Crippen molar-refractivity contribution < 1.29 is 18.8 Å². The maximum absolute atomic E-state index is 12.7. The van der Waals surface area contributed by atoms with Crippen LogP contribution in [-0.2, 0) is 6.42 Å². The lowest BCUT2D eigenvalue weighted by Gasteiger charge is -2.01. The molecule has 0 aliphatic heterocycles. The highest BCUT2D eigenvalue weighted by Crippen LogP contribution is 2.22. The van der Waals surface area contributed by atoms with Crippen molar-refractivity contribution in [3.05, 3.63) is 39.4 Å². The van der Waals surface area contributed by atoms with Crippen LogP contribution in [0, 0.1) is 21.7 Å². The highest BCUT2D eigenvalue weighted by atomic mass is 19.2. The van der Waals surface area contributed by atoms with E-state index in [1.165, 1.54) is 0 Å². The summed E-state index contributed by atoms with van der Waals surface area (Å²) in [5, 5.41) is 18.9. The number of benzene rings is 1. The summed E-state index contributed by atoms with van der Waals surface area (Å²) in [6, 6.07) is 1.24. The van der Waals surface area contributed by atoms with Gasteiger partial charge in [0.05, 0.1) is 11.0 Å². The van der Waals surface area contributed by atoms with Crippen molar-refractivity contribution in [1.82, 2.24) is 0 Å². The molecule has 0 heterocycles. The second-order valence-corrected chi connectivity index (χ2v) is 2.63. The lowest BCUT2D eigenvalue weighted by Crippen LogP contribution is -2.01. The summed E-state index contributed by atoms with van der Waals surface area (Å²) < 4.78 is 25.3. The molecule has 0 aromatic heterocycles. The summed E-state index contributed by atoms with van der Waals surface area (Å²) in [4.78, 5) is 9.58. The zero-order valence-corrected chi connectivity index (χ0v) is 7.04. The summed E-state index contributed by atoms with van der Waals surface area (Å²) in [5.41, 5.74) is -0.533. The van der Waals surface area contributed by atoms with Gasteiger partial charge in [-0.25, -0.2) is 8.78 Å². The van der Waals surface area contributed by atoms with Gasteiger partial charge in [-0.05, 0) is 6.07 Å². The molecule has 0 atom stereocenters. The zero-order valence-electron chi connectivity index (χ0n) is 7.04. The van der Waals surface area contributed by atoms with E-state index in [0.29, 0.717) is 6.07 Å². The van der Waals surface area contributed by atoms with Gasteiger partial charge in [-0.2, -0.15) is 0 Å². The fourth-order valence-corrected chi connectivity index (χ4v) is 1.07. The summed E-state index contributed by atoms with van der Waals surface area (Å²) in [5.74, 6) is -2.42. The molecule has 76 valence electrons. The maximum atomic E-state index is 12.7. The maximum Gasteiger partial charge on any atom is 0.275 e. The largest absolute Gasteiger partial charge is 0.396 e. The Hall–Kier alpha value is -1.56. The molecule has 0 saturated carbocycles. The topological polar surface area (TPSA) is 63.4 Å². The first-order valence-corrected chi connectivity index (χ1v) is 3.79. The van der Waals surface area contributed by atoms with Gasteiger partial charge in [-0.3, -0.25) is 10.1 Å². The number of nitrogens with zero attached hydrogens (tertiary/aromatic N) is 1. The van der Waals surface area contributed by atoms with Gasteiger partial charge >= 0.3 is 0 Å². The van der Waals surface area contributed by atoms with Gasteiger partial charge in [0.25, 0.3) is 5.69 Å². The fraction of sp³-hybridized carbons (Fsp3) is 0.250. The normalized spacial score (nSPS) is 10.2. The molecule has 6 heteroatoms. The smallest absolute Gasteiger partial charge is 0.275 e. The first kappa shape index (κ1) is 10.5. The lowest BCUT2D eigenvalue weighted by atomic mass is 10.1. The van der Waals surface area contributed by atoms with E-state index >= 15 is 0 Å². The molecule has 14 heavy (non-hydrogen) atoms. The first-order chi connectivity index (χ1) is 6.56. The third-order valence-corrected chi connectivity index (χ3v) is 1.70. The van der Waals surface area contributed by atoms with Crippen LogP contribution in [0.4, 0.5) is 14.5 Å². The minimum atomic E-state index is -1.27. The average Bonchev–Trinajstić information content (AvgIpc) is 2.11. The molecule has 1 aromatic rings. The van der Waals surface area contributed by atoms with Crippen LogP contribution in [0.25, 0.3) is 0 Å². The van der Waals surface area contributed by atoms with Gasteiger partial charge in [0.15, 0.2) is 11.6 Å². The molecule has 1 rings (SSSR count). The predicted molar refractivity (Wildman–Crippen MR) is 43.8 cm³/mol. The molecule has 0 saturated heterocycles. The number of aliphatic hydroxyl groups excluding tert-OH is 1. The Morgan fingerprint density at radius 3 is 2.43 bits per heavy atom. The quantitative estimate of drug-likeness (QED) is 0.596. The summed E-state index contributed by atoms with van der Waals surface area (Å²) in [6.45, 7) is -0.355. The summed E-state index contributed by atoms with van der Waals surface area (Å²) in [6.07, 6.45) is -0.0759.